The summed E-state index contributed by atoms with van der Waals surface area (Å²) in [6.45, 7) is 3.48. The number of hydrogen-bond donors (Lipinski definition) is 4. The van der Waals surface area contributed by atoms with E-state index in [1.54, 1.807) is 25.1 Å². The molecular formula is C14H19N3O3. The Kier molecular flexibility index (Phi) is 4.57. The van der Waals surface area contributed by atoms with Crippen molar-refractivity contribution in [3.05, 3.63) is 29.3 Å². The Morgan fingerprint density at radius 2 is 2.00 bits per heavy atom. The second-order valence-electron chi connectivity index (χ2n) is 4.93. The second-order valence-corrected chi connectivity index (χ2v) is 4.93. The van der Waals surface area contributed by atoms with Crippen molar-refractivity contribution in [1.29, 1.82) is 0 Å². The minimum atomic E-state index is -1.04. The minimum absolute atomic E-state index is 0.132. The molecule has 1 fully saturated rings. The molecule has 4 N–H and O–H groups in total. The van der Waals surface area contributed by atoms with Crippen LogP contribution < -0.4 is 16.0 Å². The van der Waals surface area contributed by atoms with Gasteiger partial charge in [0.2, 0.25) is 0 Å². The van der Waals surface area contributed by atoms with Gasteiger partial charge in [0, 0.05) is 6.04 Å². The van der Waals surface area contributed by atoms with Gasteiger partial charge >= 0.3 is 12.0 Å². The fraction of sp³-hybridized carbons (Fsp3) is 0.429. The molecule has 6 nitrogen and oxygen atoms in total. The van der Waals surface area contributed by atoms with Crippen LogP contribution in [0.4, 0.5) is 10.5 Å². The molecule has 2 amide bonds. The number of carbonyl (C=O) groups excluding carboxylic acids is 1. The normalized spacial score (nSPS) is 15.7. The quantitative estimate of drug-likeness (QED) is 0.675. The van der Waals surface area contributed by atoms with Crippen molar-refractivity contribution in [3.8, 4) is 0 Å². The van der Waals surface area contributed by atoms with E-state index >= 15 is 0 Å². The lowest BCUT2D eigenvalue weighted by Gasteiger charge is -2.24. The van der Waals surface area contributed by atoms with Crippen LogP contribution in [0.3, 0.4) is 0 Å². The molecule has 6 heteroatoms. The fourth-order valence-corrected chi connectivity index (χ4v) is 2.37. The Morgan fingerprint density at radius 1 is 1.30 bits per heavy atom. The van der Waals surface area contributed by atoms with Crippen molar-refractivity contribution in [2.24, 2.45) is 0 Å². The number of aromatic carboxylic acids is 1. The summed E-state index contributed by atoms with van der Waals surface area (Å²) in [4.78, 5) is 23.2. The molecular weight excluding hydrogens is 258 g/mol. The van der Waals surface area contributed by atoms with Crippen LogP contribution in [-0.4, -0.2) is 36.2 Å². The third-order valence-corrected chi connectivity index (χ3v) is 3.41. The number of aryl methyl sites for hydroxylation is 1. The molecule has 1 aliphatic heterocycles. The highest BCUT2D eigenvalue weighted by atomic mass is 16.4. The topological polar surface area (TPSA) is 90.5 Å². The number of nitrogens with one attached hydrogen (secondary N) is 3. The average Bonchev–Trinajstić information content (AvgIpc) is 2.39. The van der Waals surface area contributed by atoms with Gasteiger partial charge in [0.1, 0.15) is 0 Å². The molecule has 0 aliphatic carbocycles. The number of carbonyl (C=O) groups is 2. The monoisotopic (exact) mass is 277 g/mol. The molecule has 0 unspecified atom stereocenters. The van der Waals surface area contributed by atoms with Gasteiger partial charge in [-0.05, 0) is 44.5 Å². The molecule has 0 bridgehead atoms. The number of hydrogen-bond acceptors (Lipinski definition) is 3. The first kappa shape index (κ1) is 14.3. The van der Waals surface area contributed by atoms with E-state index in [0.29, 0.717) is 11.3 Å². The standard InChI is InChI=1S/C14H19N3O3/c1-9-3-2-4-11(12(9)13(18)19)17-14(20)16-10-5-7-15-8-6-10/h2-4,10,15H,5-8H2,1H3,(H,18,19)(H2,16,17,20). The molecule has 0 aromatic heterocycles. The van der Waals surface area contributed by atoms with E-state index in [-0.39, 0.29) is 17.6 Å². The molecule has 1 saturated heterocycles. The van der Waals surface area contributed by atoms with Crippen molar-refractivity contribution in [1.82, 2.24) is 10.6 Å². The van der Waals surface area contributed by atoms with Crippen molar-refractivity contribution < 1.29 is 14.7 Å². The molecule has 0 atom stereocenters. The van der Waals surface area contributed by atoms with Gasteiger partial charge in [-0.25, -0.2) is 9.59 Å². The van der Waals surface area contributed by atoms with E-state index < -0.39 is 5.97 Å². The van der Waals surface area contributed by atoms with Gasteiger partial charge in [0.05, 0.1) is 11.3 Å². The second kappa shape index (κ2) is 6.38. The zero-order valence-electron chi connectivity index (χ0n) is 11.4. The Balaban J connectivity index is 2.04. The largest absolute Gasteiger partial charge is 0.478 e. The fourth-order valence-electron chi connectivity index (χ4n) is 2.37. The Bertz CT molecular complexity index is 510. The summed E-state index contributed by atoms with van der Waals surface area (Å²) < 4.78 is 0. The summed E-state index contributed by atoms with van der Waals surface area (Å²) in [7, 11) is 0. The van der Waals surface area contributed by atoms with Crippen molar-refractivity contribution in [2.75, 3.05) is 18.4 Å². The highest BCUT2D eigenvalue weighted by Gasteiger charge is 2.18. The predicted molar refractivity (Wildman–Crippen MR) is 76.2 cm³/mol. The Labute approximate surface area is 117 Å². The third kappa shape index (κ3) is 3.48. The van der Waals surface area contributed by atoms with Crippen LogP contribution in [0.1, 0.15) is 28.8 Å². The summed E-state index contributed by atoms with van der Waals surface area (Å²) in [6.07, 6.45) is 1.76. The molecule has 20 heavy (non-hydrogen) atoms. The number of anilines is 1. The van der Waals surface area contributed by atoms with Crippen LogP contribution >= 0.6 is 0 Å². The number of rotatable bonds is 3. The molecule has 0 radical (unpaired) electrons. The van der Waals surface area contributed by atoms with E-state index in [0.717, 1.165) is 25.9 Å². The van der Waals surface area contributed by atoms with E-state index in [1.165, 1.54) is 0 Å². The van der Waals surface area contributed by atoms with E-state index in [4.69, 9.17) is 0 Å². The number of benzene rings is 1. The van der Waals surface area contributed by atoms with Crippen LogP contribution in [0.5, 0.6) is 0 Å². The van der Waals surface area contributed by atoms with Gasteiger partial charge in [0.15, 0.2) is 0 Å². The SMILES string of the molecule is Cc1cccc(NC(=O)NC2CCNCC2)c1C(=O)O. The minimum Gasteiger partial charge on any atom is -0.478 e. The maximum Gasteiger partial charge on any atom is 0.338 e. The lowest BCUT2D eigenvalue weighted by molar-refractivity contribution is 0.0697. The van der Waals surface area contributed by atoms with Crippen LogP contribution in [0, 0.1) is 6.92 Å². The Hall–Kier alpha value is -2.08. The molecule has 1 aromatic carbocycles. The number of piperidine rings is 1. The van der Waals surface area contributed by atoms with E-state index in [1.807, 2.05) is 0 Å². The number of carboxylic acid groups (broad SMARTS) is 1. The van der Waals surface area contributed by atoms with Crippen molar-refractivity contribution in [3.63, 3.8) is 0 Å². The van der Waals surface area contributed by atoms with Gasteiger partial charge in [0.25, 0.3) is 0 Å². The van der Waals surface area contributed by atoms with Crippen LogP contribution in [0.25, 0.3) is 0 Å². The molecule has 1 aromatic rings. The first-order valence-corrected chi connectivity index (χ1v) is 6.69. The maximum atomic E-state index is 11.9. The van der Waals surface area contributed by atoms with E-state index in [2.05, 4.69) is 16.0 Å². The third-order valence-electron chi connectivity index (χ3n) is 3.41. The summed E-state index contributed by atoms with van der Waals surface area (Å²) in [5.41, 5.74) is 1.08. The average molecular weight is 277 g/mol. The number of amides is 2. The molecule has 1 aliphatic rings. The molecule has 2 rings (SSSR count). The van der Waals surface area contributed by atoms with Gasteiger partial charge in [-0.1, -0.05) is 12.1 Å². The van der Waals surface area contributed by atoms with E-state index in [9.17, 15) is 14.7 Å². The summed E-state index contributed by atoms with van der Waals surface area (Å²) >= 11 is 0. The molecule has 0 spiro atoms. The highest BCUT2D eigenvalue weighted by Crippen LogP contribution is 2.19. The summed E-state index contributed by atoms with van der Waals surface area (Å²) in [6, 6.07) is 4.80. The van der Waals surface area contributed by atoms with Gasteiger partial charge in [-0.3, -0.25) is 0 Å². The first-order valence-electron chi connectivity index (χ1n) is 6.69. The van der Waals surface area contributed by atoms with Gasteiger partial charge in [-0.15, -0.1) is 0 Å². The molecule has 0 saturated carbocycles. The number of urea groups is 1. The lowest BCUT2D eigenvalue weighted by atomic mass is 10.1. The summed E-state index contributed by atoms with van der Waals surface area (Å²) in [5, 5.41) is 17.9. The predicted octanol–water partition coefficient (Wildman–Crippen LogP) is 1.57. The Morgan fingerprint density at radius 3 is 2.65 bits per heavy atom. The smallest absolute Gasteiger partial charge is 0.338 e. The zero-order chi connectivity index (χ0) is 14.5. The maximum absolute atomic E-state index is 11.9. The first-order chi connectivity index (χ1) is 9.58. The van der Waals surface area contributed by atoms with Crippen molar-refractivity contribution >= 4 is 17.7 Å². The number of carboxylic acids is 1. The highest BCUT2D eigenvalue weighted by molar-refractivity contribution is 6.01. The van der Waals surface area contributed by atoms with Gasteiger partial charge < -0.3 is 21.1 Å². The zero-order valence-corrected chi connectivity index (χ0v) is 11.4. The molecule has 108 valence electrons. The molecule has 1 heterocycles. The van der Waals surface area contributed by atoms with Gasteiger partial charge in [-0.2, -0.15) is 0 Å². The van der Waals surface area contributed by atoms with Crippen LogP contribution in [0.2, 0.25) is 0 Å². The summed E-state index contributed by atoms with van der Waals surface area (Å²) in [5.74, 6) is -1.04. The van der Waals surface area contributed by atoms with Crippen LogP contribution in [-0.2, 0) is 0 Å². The van der Waals surface area contributed by atoms with Crippen LogP contribution in [0.15, 0.2) is 18.2 Å². The lowest BCUT2D eigenvalue weighted by Crippen LogP contribution is -2.44. The van der Waals surface area contributed by atoms with Crippen molar-refractivity contribution in [2.45, 2.75) is 25.8 Å².